The molecule has 2 N–H and O–H groups in total. The summed E-state index contributed by atoms with van der Waals surface area (Å²) in [5.74, 6) is 0.458. The summed E-state index contributed by atoms with van der Waals surface area (Å²) in [6, 6.07) is 0. The van der Waals surface area contributed by atoms with E-state index in [2.05, 4.69) is 32.6 Å². The third kappa shape index (κ3) is 20.5. The van der Waals surface area contributed by atoms with Gasteiger partial charge in [-0.3, -0.25) is 0 Å². The molecular weight excluding hydrogens is 252 g/mol. The predicted octanol–water partition coefficient (Wildman–Crippen LogP) is 2.80. The second kappa shape index (κ2) is 14.1. The first kappa shape index (κ1) is 19.4. The van der Waals surface area contributed by atoms with Crippen molar-refractivity contribution in [3.05, 3.63) is 12.7 Å². The zero-order chi connectivity index (χ0) is 14.4. The first-order valence-electron chi connectivity index (χ1n) is 6.05. The van der Waals surface area contributed by atoms with Crippen LogP contribution in [0, 0.1) is 5.92 Å². The smallest absolute Gasteiger partial charge is 0.330 e. The number of carbonyl (C=O) groups is 1. The number of unbranched alkanes of at least 4 members (excludes halogenated alkanes) is 2. The molecule has 0 radical (unpaired) electrons. The van der Waals surface area contributed by atoms with Gasteiger partial charge in [0.25, 0.3) is 0 Å². The Hall–Kier alpha value is -0.940. The zero-order valence-corrected chi connectivity index (χ0v) is 12.0. The van der Waals surface area contributed by atoms with E-state index >= 15 is 0 Å². The van der Waals surface area contributed by atoms with Gasteiger partial charge in [0.15, 0.2) is 5.05 Å². The molecule has 0 aliphatic rings. The number of aliphatic hydroxyl groups excluding tert-OH is 2. The van der Waals surface area contributed by atoms with Gasteiger partial charge in [-0.25, -0.2) is 4.79 Å². The van der Waals surface area contributed by atoms with Crippen molar-refractivity contribution in [1.82, 2.24) is 0 Å². The van der Waals surface area contributed by atoms with E-state index in [0.717, 1.165) is 18.8 Å². The summed E-state index contributed by atoms with van der Waals surface area (Å²) in [6.45, 7) is 7.89. The number of esters is 1. The van der Waals surface area contributed by atoms with Crippen LogP contribution in [0.2, 0.25) is 0 Å². The second-order valence-electron chi connectivity index (χ2n) is 4.17. The summed E-state index contributed by atoms with van der Waals surface area (Å²) < 4.78 is 4.84. The Bertz CT molecular complexity index is 239. The van der Waals surface area contributed by atoms with Crippen molar-refractivity contribution >= 4 is 23.2 Å². The molecule has 0 aliphatic heterocycles. The van der Waals surface area contributed by atoms with E-state index < -0.39 is 6.61 Å². The van der Waals surface area contributed by atoms with Gasteiger partial charge in [-0.05, 0) is 24.6 Å². The molecule has 0 aromatic carbocycles. The normalized spacial score (nSPS) is 9.33. The van der Waals surface area contributed by atoms with E-state index in [4.69, 9.17) is 14.9 Å². The van der Waals surface area contributed by atoms with Crippen LogP contribution in [-0.4, -0.2) is 34.4 Å². The average molecular weight is 276 g/mol. The molecule has 18 heavy (non-hydrogen) atoms. The van der Waals surface area contributed by atoms with Crippen molar-refractivity contribution < 1.29 is 19.7 Å². The lowest BCUT2D eigenvalue weighted by Gasteiger charge is -2.04. The summed E-state index contributed by atoms with van der Waals surface area (Å²) in [7, 11) is 0. The minimum atomic E-state index is -0.407. The summed E-state index contributed by atoms with van der Waals surface area (Å²) >= 11 is 4.00. The second-order valence-corrected chi connectivity index (χ2v) is 4.64. The minimum Gasteiger partial charge on any atom is -0.500 e. The van der Waals surface area contributed by atoms with Gasteiger partial charge in [0, 0.05) is 6.08 Å². The van der Waals surface area contributed by atoms with Gasteiger partial charge in [0.2, 0.25) is 0 Å². The fourth-order valence-electron chi connectivity index (χ4n) is 1.06. The van der Waals surface area contributed by atoms with Crippen LogP contribution in [0.4, 0.5) is 0 Å². The van der Waals surface area contributed by atoms with Crippen molar-refractivity contribution in [2.75, 3.05) is 13.2 Å². The van der Waals surface area contributed by atoms with E-state index in [-0.39, 0.29) is 11.0 Å². The molecule has 106 valence electrons. The molecule has 5 heteroatoms. The molecule has 0 aromatic heterocycles. The third-order valence-electron chi connectivity index (χ3n) is 1.97. The molecule has 0 atom stereocenters. The van der Waals surface area contributed by atoms with E-state index in [0.29, 0.717) is 6.61 Å². The molecule has 0 unspecified atom stereocenters. The Morgan fingerprint density at radius 1 is 1.39 bits per heavy atom. The summed E-state index contributed by atoms with van der Waals surface area (Å²) in [6.07, 6.45) is 5.79. The van der Waals surface area contributed by atoms with Crippen molar-refractivity contribution in [2.45, 2.75) is 39.5 Å². The standard InChI is InChI=1S/C11H20O2.C2H4O2S/c1-4-11(12)13-9-7-5-6-8-10(2)3;3-1-2(4)5/h4,10H,1,5-9H2,2-3H3;3H,1H2,(H,4,5). The Morgan fingerprint density at radius 3 is 2.33 bits per heavy atom. The summed E-state index contributed by atoms with van der Waals surface area (Å²) in [5, 5.41) is 15.2. The van der Waals surface area contributed by atoms with E-state index in [1.165, 1.54) is 18.9 Å². The monoisotopic (exact) mass is 276 g/mol. The highest BCUT2D eigenvalue weighted by Gasteiger charge is 1.96. The molecule has 0 fully saturated rings. The van der Waals surface area contributed by atoms with Crippen LogP contribution < -0.4 is 0 Å². The van der Waals surface area contributed by atoms with Crippen LogP contribution in [-0.2, 0) is 9.53 Å². The number of rotatable bonds is 8. The number of carbonyl (C=O) groups excluding carboxylic acids is 1. The predicted molar refractivity (Wildman–Crippen MR) is 76.8 cm³/mol. The zero-order valence-electron chi connectivity index (χ0n) is 11.2. The molecule has 0 spiro atoms. The van der Waals surface area contributed by atoms with Crippen LogP contribution in [0.25, 0.3) is 0 Å². The molecule has 0 aromatic rings. The SMILES string of the molecule is C=CC(=O)OCCCCCC(C)C.OCC(O)=S. The van der Waals surface area contributed by atoms with Gasteiger partial charge in [-0.1, -0.05) is 39.7 Å². The van der Waals surface area contributed by atoms with Crippen molar-refractivity contribution in [1.29, 1.82) is 0 Å². The minimum absolute atomic E-state index is 0.316. The molecule has 0 saturated heterocycles. The van der Waals surface area contributed by atoms with Crippen molar-refractivity contribution in [2.24, 2.45) is 5.92 Å². The van der Waals surface area contributed by atoms with E-state index in [1.807, 2.05) is 0 Å². The fourth-order valence-corrected chi connectivity index (χ4v) is 1.06. The maximum atomic E-state index is 10.6. The topological polar surface area (TPSA) is 66.8 Å². The molecule has 0 bridgehead atoms. The maximum Gasteiger partial charge on any atom is 0.330 e. The Kier molecular flexibility index (Phi) is 15.2. The van der Waals surface area contributed by atoms with Crippen LogP contribution in [0.3, 0.4) is 0 Å². The molecule has 0 amide bonds. The number of hydrogen-bond donors (Lipinski definition) is 2. The van der Waals surface area contributed by atoms with Gasteiger partial charge in [-0.2, -0.15) is 0 Å². The lowest BCUT2D eigenvalue weighted by Crippen LogP contribution is -2.01. The quantitative estimate of drug-likeness (QED) is 0.309. The first-order chi connectivity index (χ1) is 8.43. The maximum absolute atomic E-state index is 10.6. The van der Waals surface area contributed by atoms with Gasteiger partial charge >= 0.3 is 5.97 Å². The van der Waals surface area contributed by atoms with Crippen LogP contribution in [0.5, 0.6) is 0 Å². The highest BCUT2D eigenvalue weighted by molar-refractivity contribution is 7.80. The van der Waals surface area contributed by atoms with Crippen molar-refractivity contribution in [3.8, 4) is 0 Å². The molecule has 0 saturated carbocycles. The molecule has 4 nitrogen and oxygen atoms in total. The van der Waals surface area contributed by atoms with Gasteiger partial charge in [0.1, 0.15) is 6.61 Å². The van der Waals surface area contributed by atoms with Crippen LogP contribution in [0.15, 0.2) is 12.7 Å². The van der Waals surface area contributed by atoms with Gasteiger partial charge in [-0.15, -0.1) is 0 Å². The Labute approximate surface area is 115 Å². The van der Waals surface area contributed by atoms with E-state index in [9.17, 15) is 4.79 Å². The number of aliphatic hydroxyl groups is 2. The Balaban J connectivity index is 0. The Morgan fingerprint density at radius 2 is 1.94 bits per heavy atom. The molecule has 0 heterocycles. The first-order valence-corrected chi connectivity index (χ1v) is 6.46. The van der Waals surface area contributed by atoms with Crippen LogP contribution in [0.1, 0.15) is 39.5 Å². The highest BCUT2D eigenvalue weighted by atomic mass is 32.1. The van der Waals surface area contributed by atoms with Gasteiger partial charge in [0.05, 0.1) is 6.61 Å². The summed E-state index contributed by atoms with van der Waals surface area (Å²) in [5.41, 5.74) is 0. The number of thiocarbonyl (C=S) groups is 1. The van der Waals surface area contributed by atoms with Crippen molar-refractivity contribution in [3.63, 3.8) is 0 Å². The highest BCUT2D eigenvalue weighted by Crippen LogP contribution is 2.07. The molecular formula is C13H24O4S. The average Bonchev–Trinajstić information content (AvgIpc) is 2.33. The fraction of sp³-hybridized carbons (Fsp3) is 0.692. The number of ether oxygens (including phenoxy) is 1. The largest absolute Gasteiger partial charge is 0.500 e. The van der Waals surface area contributed by atoms with Gasteiger partial charge < -0.3 is 14.9 Å². The van der Waals surface area contributed by atoms with Crippen LogP contribution >= 0.6 is 12.2 Å². The molecule has 0 rings (SSSR count). The number of hydrogen-bond acceptors (Lipinski definition) is 4. The summed E-state index contributed by atoms with van der Waals surface area (Å²) in [4.78, 5) is 10.6. The van der Waals surface area contributed by atoms with E-state index in [1.54, 1.807) is 0 Å². The molecule has 0 aliphatic carbocycles. The lowest BCUT2D eigenvalue weighted by atomic mass is 10.1. The third-order valence-corrected chi connectivity index (χ3v) is 2.10. The lowest BCUT2D eigenvalue weighted by molar-refractivity contribution is -0.137.